The third kappa shape index (κ3) is 4.96. The molecule has 0 atom stereocenters. The van der Waals surface area contributed by atoms with E-state index in [1.165, 1.54) is 32.1 Å². The Bertz CT molecular complexity index is 519. The van der Waals surface area contributed by atoms with Crippen LogP contribution in [-0.2, 0) is 6.54 Å². The van der Waals surface area contributed by atoms with Crippen LogP contribution in [0, 0.1) is 0 Å². The van der Waals surface area contributed by atoms with E-state index in [0.717, 1.165) is 12.1 Å². The Morgan fingerprint density at radius 2 is 2.00 bits per heavy atom. The third-order valence-electron chi connectivity index (χ3n) is 4.33. The summed E-state index contributed by atoms with van der Waals surface area (Å²) < 4.78 is 0.664. The van der Waals surface area contributed by atoms with Gasteiger partial charge in [-0.3, -0.25) is 4.90 Å². The van der Waals surface area contributed by atoms with Crippen molar-refractivity contribution in [2.45, 2.75) is 51.6 Å². The molecule has 0 saturated heterocycles. The Labute approximate surface area is 162 Å². The van der Waals surface area contributed by atoms with Gasteiger partial charge in [-0.15, -0.1) is 0 Å². The topological polar surface area (TPSA) is 66.6 Å². The quantitative estimate of drug-likeness (QED) is 0.609. The van der Waals surface area contributed by atoms with Gasteiger partial charge in [-0.1, -0.05) is 26.2 Å². The van der Waals surface area contributed by atoms with Gasteiger partial charge in [-0.05, 0) is 53.0 Å². The van der Waals surface area contributed by atoms with Crippen LogP contribution in [0.1, 0.15) is 54.9 Å². The second-order valence-corrected chi connectivity index (χ2v) is 6.55. The Hall–Kier alpha value is -0.0700. The number of nitrogen functional groups attached to an aromatic ring is 1. The molecule has 0 heterocycles. The molecule has 6 heteroatoms. The Balaban J connectivity index is 0.00000242. The predicted octanol–water partition coefficient (Wildman–Crippen LogP) is 3.24. The van der Waals surface area contributed by atoms with Gasteiger partial charge in [0.15, 0.2) is 0 Å². The van der Waals surface area contributed by atoms with Gasteiger partial charge in [0, 0.05) is 17.1 Å². The molecule has 0 spiro atoms. The van der Waals surface area contributed by atoms with Crippen LogP contribution in [-0.4, -0.2) is 58.1 Å². The monoisotopic (exact) mass is 378 g/mol. The number of rotatable bonds is 5. The molecule has 1 fully saturated rings. The van der Waals surface area contributed by atoms with Gasteiger partial charge in [0.1, 0.15) is 0 Å². The number of carboxylic acid groups (broad SMARTS) is 1. The molecule has 1 aliphatic rings. The molecule has 1 aromatic carbocycles. The number of nitrogens with two attached hydrogens (primary N) is 1. The van der Waals surface area contributed by atoms with Crippen LogP contribution in [0.2, 0.25) is 0 Å². The zero-order chi connectivity index (χ0) is 15.4. The number of halogens is 1. The summed E-state index contributed by atoms with van der Waals surface area (Å²) in [5.41, 5.74) is 7.95. The second-order valence-electron chi connectivity index (χ2n) is 5.69. The van der Waals surface area contributed by atoms with Crippen molar-refractivity contribution >= 4 is 57.1 Å². The van der Waals surface area contributed by atoms with Gasteiger partial charge in [-0.2, -0.15) is 0 Å². The summed E-state index contributed by atoms with van der Waals surface area (Å²) in [5.74, 6) is -0.919. The number of benzene rings is 1. The van der Waals surface area contributed by atoms with Crippen molar-refractivity contribution in [1.29, 1.82) is 0 Å². The van der Waals surface area contributed by atoms with Gasteiger partial charge >= 0.3 is 35.5 Å². The van der Waals surface area contributed by atoms with E-state index < -0.39 is 5.97 Å². The number of hydrogen-bond acceptors (Lipinski definition) is 3. The molecule has 3 N–H and O–H groups in total. The maximum atomic E-state index is 11.2. The van der Waals surface area contributed by atoms with Crippen molar-refractivity contribution in [3.05, 3.63) is 27.7 Å². The van der Waals surface area contributed by atoms with E-state index >= 15 is 0 Å². The molecule has 4 nitrogen and oxygen atoms in total. The first-order valence-corrected chi connectivity index (χ1v) is 8.37. The zero-order valence-corrected chi connectivity index (χ0v) is 14.0. The molecule has 0 aromatic heterocycles. The van der Waals surface area contributed by atoms with Crippen molar-refractivity contribution in [2.75, 3.05) is 12.3 Å². The fourth-order valence-electron chi connectivity index (χ4n) is 3.09. The molecule has 0 bridgehead atoms. The first-order chi connectivity index (χ1) is 10.0. The molecule has 0 aliphatic heterocycles. The summed E-state index contributed by atoms with van der Waals surface area (Å²) in [5, 5.41) is 9.19. The number of carboxylic acids is 1. The van der Waals surface area contributed by atoms with Crippen molar-refractivity contribution in [3.63, 3.8) is 0 Å². The van der Waals surface area contributed by atoms with E-state index in [0.29, 0.717) is 22.7 Å². The summed E-state index contributed by atoms with van der Waals surface area (Å²) in [6, 6.07) is 3.86. The molecule has 1 aromatic rings. The van der Waals surface area contributed by atoms with Crippen LogP contribution in [0.5, 0.6) is 0 Å². The van der Waals surface area contributed by atoms with Crippen molar-refractivity contribution in [2.24, 2.45) is 0 Å². The number of hydrogen-bond donors (Lipinski definition) is 2. The van der Waals surface area contributed by atoms with Gasteiger partial charge < -0.3 is 10.8 Å². The fourth-order valence-corrected chi connectivity index (χ4v) is 3.59. The van der Waals surface area contributed by atoms with Crippen molar-refractivity contribution in [1.82, 2.24) is 4.90 Å². The van der Waals surface area contributed by atoms with Crippen molar-refractivity contribution < 1.29 is 9.90 Å². The van der Waals surface area contributed by atoms with E-state index in [-0.39, 0.29) is 35.1 Å². The molecule has 118 valence electrons. The first kappa shape index (κ1) is 20.0. The second kappa shape index (κ2) is 9.28. The van der Waals surface area contributed by atoms with Gasteiger partial charge in [0.25, 0.3) is 0 Å². The van der Waals surface area contributed by atoms with Crippen LogP contribution in [0.15, 0.2) is 16.6 Å². The summed E-state index contributed by atoms with van der Waals surface area (Å²) in [6.45, 7) is 3.83. The molecular formula is C16H24BrN2NaO2. The fraction of sp³-hybridized carbons (Fsp3) is 0.562. The average Bonchev–Trinajstić information content (AvgIpc) is 2.49. The van der Waals surface area contributed by atoms with Gasteiger partial charge in [0.05, 0.1) is 11.3 Å². The molecule has 0 radical (unpaired) electrons. The van der Waals surface area contributed by atoms with E-state index in [9.17, 15) is 9.90 Å². The summed E-state index contributed by atoms with van der Waals surface area (Å²) in [7, 11) is 0. The predicted molar refractivity (Wildman–Crippen MR) is 95.6 cm³/mol. The summed E-state index contributed by atoms with van der Waals surface area (Å²) in [6.07, 6.45) is 6.36. The average molecular weight is 379 g/mol. The minimum atomic E-state index is -0.919. The zero-order valence-electron chi connectivity index (χ0n) is 12.4. The van der Waals surface area contributed by atoms with Crippen LogP contribution in [0.4, 0.5) is 5.69 Å². The van der Waals surface area contributed by atoms with E-state index in [1.54, 1.807) is 12.1 Å². The molecule has 1 aliphatic carbocycles. The van der Waals surface area contributed by atoms with Crippen LogP contribution in [0.3, 0.4) is 0 Å². The standard InChI is InChI=1S/C16H23BrN2O2.Na.H/c1-2-19(13-6-4-3-5-7-13)10-12-8-11(16(20)21)9-14(17)15(12)18;;/h8-9,13H,2-7,10,18H2,1H3,(H,20,21);;. The molecule has 1 saturated carbocycles. The normalized spacial score (nSPS) is 15.6. The van der Waals surface area contributed by atoms with Crippen LogP contribution < -0.4 is 5.73 Å². The summed E-state index contributed by atoms with van der Waals surface area (Å²) >= 11 is 3.37. The maximum absolute atomic E-state index is 11.2. The molecule has 0 unspecified atom stereocenters. The van der Waals surface area contributed by atoms with E-state index in [4.69, 9.17) is 5.73 Å². The van der Waals surface area contributed by atoms with Crippen molar-refractivity contribution in [3.8, 4) is 0 Å². The van der Waals surface area contributed by atoms with Crippen LogP contribution in [0.25, 0.3) is 0 Å². The Kier molecular flexibility index (Phi) is 8.43. The molecule has 2 rings (SSSR count). The summed E-state index contributed by atoms with van der Waals surface area (Å²) in [4.78, 5) is 13.6. The first-order valence-electron chi connectivity index (χ1n) is 7.58. The Morgan fingerprint density at radius 3 is 2.55 bits per heavy atom. The number of anilines is 1. The molecule has 22 heavy (non-hydrogen) atoms. The van der Waals surface area contributed by atoms with Gasteiger partial charge in [0.2, 0.25) is 0 Å². The number of aromatic carboxylic acids is 1. The Morgan fingerprint density at radius 1 is 1.36 bits per heavy atom. The minimum absolute atomic E-state index is 0. The van der Waals surface area contributed by atoms with E-state index in [2.05, 4.69) is 27.8 Å². The third-order valence-corrected chi connectivity index (χ3v) is 4.99. The molecule has 0 amide bonds. The van der Waals surface area contributed by atoms with Crippen LogP contribution >= 0.6 is 15.9 Å². The molecular weight excluding hydrogens is 355 g/mol. The number of carbonyl (C=O) groups is 1. The SMILES string of the molecule is CCN(Cc1cc(C(=O)O)cc(Br)c1N)C1CCCCC1.[NaH]. The van der Waals surface area contributed by atoms with Gasteiger partial charge in [-0.25, -0.2) is 4.79 Å². The van der Waals surface area contributed by atoms with E-state index in [1.807, 2.05) is 0 Å². The number of nitrogens with zero attached hydrogens (tertiary/aromatic N) is 1.